The Bertz CT molecular complexity index is 338. The largest absolute Gasteiger partial charge is 0.392 e. The second kappa shape index (κ2) is 5.65. The van der Waals surface area contributed by atoms with E-state index >= 15 is 0 Å². The quantitative estimate of drug-likeness (QED) is 0.839. The summed E-state index contributed by atoms with van der Waals surface area (Å²) in [6.07, 6.45) is 7.65. The number of aliphatic hydroxyl groups excluding tert-OH is 1. The van der Waals surface area contributed by atoms with Gasteiger partial charge in [-0.3, -0.25) is 0 Å². The maximum Gasteiger partial charge on any atom is 0.0681 e. The Kier molecular flexibility index (Phi) is 4.19. The van der Waals surface area contributed by atoms with E-state index in [4.69, 9.17) is 10.8 Å². The molecule has 1 aliphatic rings. The molecular weight excluding hydrogens is 210 g/mol. The molecule has 0 saturated heterocycles. The number of benzene rings is 1. The van der Waals surface area contributed by atoms with Gasteiger partial charge in [-0.1, -0.05) is 43.5 Å². The topological polar surface area (TPSA) is 46.2 Å². The van der Waals surface area contributed by atoms with Gasteiger partial charge in [0.05, 0.1) is 6.61 Å². The molecule has 0 amide bonds. The Labute approximate surface area is 104 Å². The molecule has 1 aliphatic carbocycles. The second-order valence-corrected chi connectivity index (χ2v) is 5.42. The molecule has 0 radical (unpaired) electrons. The summed E-state index contributed by atoms with van der Waals surface area (Å²) in [7, 11) is 0. The summed E-state index contributed by atoms with van der Waals surface area (Å²) in [4.78, 5) is 0. The van der Waals surface area contributed by atoms with Crippen LogP contribution in [0, 0.1) is 5.41 Å². The minimum atomic E-state index is 0.127. The predicted octanol–water partition coefficient (Wildman–Crippen LogP) is 2.63. The lowest BCUT2D eigenvalue weighted by atomic mass is 9.70. The highest BCUT2D eigenvalue weighted by Crippen LogP contribution is 2.38. The molecule has 0 bridgehead atoms. The van der Waals surface area contributed by atoms with E-state index in [9.17, 15) is 0 Å². The van der Waals surface area contributed by atoms with Crippen molar-refractivity contribution in [3.05, 3.63) is 35.4 Å². The molecule has 0 unspecified atom stereocenters. The average molecular weight is 233 g/mol. The van der Waals surface area contributed by atoms with E-state index in [1.165, 1.54) is 37.7 Å². The first-order chi connectivity index (χ1) is 8.28. The fraction of sp³-hybridized carbons (Fsp3) is 0.600. The zero-order chi connectivity index (χ0) is 12.1. The molecule has 0 spiro atoms. The highest BCUT2D eigenvalue weighted by atomic mass is 16.3. The number of hydrogen-bond donors (Lipinski definition) is 2. The molecule has 0 aliphatic heterocycles. The van der Waals surface area contributed by atoms with E-state index in [0.29, 0.717) is 5.41 Å². The average Bonchev–Trinajstić information content (AvgIpc) is 2.41. The van der Waals surface area contributed by atoms with Crippen LogP contribution in [0.3, 0.4) is 0 Å². The molecule has 1 aromatic rings. The summed E-state index contributed by atoms with van der Waals surface area (Å²) < 4.78 is 0. The third-order valence-corrected chi connectivity index (χ3v) is 4.13. The van der Waals surface area contributed by atoms with Crippen LogP contribution in [-0.4, -0.2) is 11.7 Å². The minimum absolute atomic E-state index is 0.127. The highest BCUT2D eigenvalue weighted by molar-refractivity contribution is 5.23. The fourth-order valence-corrected chi connectivity index (χ4v) is 2.95. The first-order valence-electron chi connectivity index (χ1n) is 6.67. The molecule has 2 nitrogen and oxygen atoms in total. The maximum absolute atomic E-state index is 9.03. The van der Waals surface area contributed by atoms with Crippen LogP contribution in [0.4, 0.5) is 0 Å². The van der Waals surface area contributed by atoms with Gasteiger partial charge in [0.2, 0.25) is 0 Å². The Morgan fingerprint density at radius 2 is 1.59 bits per heavy atom. The van der Waals surface area contributed by atoms with Crippen molar-refractivity contribution in [1.29, 1.82) is 0 Å². The van der Waals surface area contributed by atoms with Gasteiger partial charge in [-0.2, -0.15) is 0 Å². The van der Waals surface area contributed by atoms with Crippen molar-refractivity contribution in [2.24, 2.45) is 11.1 Å². The van der Waals surface area contributed by atoms with E-state index < -0.39 is 0 Å². The minimum Gasteiger partial charge on any atom is -0.392 e. The summed E-state index contributed by atoms with van der Waals surface area (Å²) in [6, 6.07) is 8.31. The van der Waals surface area contributed by atoms with Crippen LogP contribution in [-0.2, 0) is 13.0 Å². The molecule has 2 rings (SSSR count). The highest BCUT2D eigenvalue weighted by Gasteiger charge is 2.30. The van der Waals surface area contributed by atoms with Crippen LogP contribution in [0.5, 0.6) is 0 Å². The Morgan fingerprint density at radius 3 is 2.12 bits per heavy atom. The summed E-state index contributed by atoms with van der Waals surface area (Å²) >= 11 is 0. The lowest BCUT2D eigenvalue weighted by molar-refractivity contribution is 0.197. The van der Waals surface area contributed by atoms with Gasteiger partial charge < -0.3 is 10.8 Å². The molecule has 1 fully saturated rings. The van der Waals surface area contributed by atoms with Crippen LogP contribution in [0.15, 0.2) is 24.3 Å². The van der Waals surface area contributed by atoms with Crippen molar-refractivity contribution in [2.45, 2.75) is 45.1 Å². The zero-order valence-electron chi connectivity index (χ0n) is 10.5. The van der Waals surface area contributed by atoms with Crippen LogP contribution < -0.4 is 5.73 Å². The third-order valence-electron chi connectivity index (χ3n) is 4.13. The Hall–Kier alpha value is -0.860. The van der Waals surface area contributed by atoms with Gasteiger partial charge in [0.15, 0.2) is 0 Å². The van der Waals surface area contributed by atoms with Crippen LogP contribution >= 0.6 is 0 Å². The van der Waals surface area contributed by atoms with Crippen LogP contribution in [0.2, 0.25) is 0 Å². The van der Waals surface area contributed by atoms with Gasteiger partial charge in [0.1, 0.15) is 0 Å². The standard InChI is InChI=1S/C15H23NO/c16-12-15(8-2-1-3-9-15)10-13-4-6-14(11-17)7-5-13/h4-7,17H,1-3,8-12,16H2. The Balaban J connectivity index is 2.06. The summed E-state index contributed by atoms with van der Waals surface area (Å²) in [6.45, 7) is 0.928. The van der Waals surface area contributed by atoms with Gasteiger partial charge in [0.25, 0.3) is 0 Å². The number of rotatable bonds is 4. The molecule has 94 valence electrons. The normalized spacial score (nSPS) is 19.2. The summed E-state index contributed by atoms with van der Waals surface area (Å²) in [5.74, 6) is 0. The molecule has 17 heavy (non-hydrogen) atoms. The Morgan fingerprint density at radius 1 is 1.00 bits per heavy atom. The van der Waals surface area contributed by atoms with E-state index in [0.717, 1.165) is 18.5 Å². The van der Waals surface area contributed by atoms with Gasteiger partial charge >= 0.3 is 0 Å². The molecule has 0 aromatic heterocycles. The summed E-state index contributed by atoms with van der Waals surface area (Å²) in [5, 5.41) is 9.03. The molecular formula is C15H23NO. The lowest BCUT2D eigenvalue weighted by Gasteiger charge is -2.36. The summed E-state index contributed by atoms with van der Waals surface area (Å²) in [5.41, 5.74) is 8.68. The number of nitrogens with two attached hydrogens (primary N) is 1. The van der Waals surface area contributed by atoms with Crippen molar-refractivity contribution in [3.63, 3.8) is 0 Å². The zero-order valence-corrected chi connectivity index (χ0v) is 10.5. The molecule has 0 heterocycles. The first-order valence-corrected chi connectivity index (χ1v) is 6.67. The first kappa shape index (κ1) is 12.6. The van der Waals surface area contributed by atoms with Crippen molar-refractivity contribution in [2.75, 3.05) is 6.54 Å². The number of aliphatic hydroxyl groups is 1. The lowest BCUT2D eigenvalue weighted by Crippen LogP contribution is -2.34. The SMILES string of the molecule is NCC1(Cc2ccc(CO)cc2)CCCCC1. The second-order valence-electron chi connectivity index (χ2n) is 5.42. The molecule has 1 aromatic carbocycles. The molecule has 2 heteroatoms. The third kappa shape index (κ3) is 3.08. The smallest absolute Gasteiger partial charge is 0.0681 e. The monoisotopic (exact) mass is 233 g/mol. The van der Waals surface area contributed by atoms with Gasteiger partial charge in [-0.05, 0) is 42.3 Å². The van der Waals surface area contributed by atoms with E-state index in [-0.39, 0.29) is 6.61 Å². The molecule has 3 N–H and O–H groups in total. The van der Waals surface area contributed by atoms with Gasteiger partial charge in [-0.25, -0.2) is 0 Å². The van der Waals surface area contributed by atoms with E-state index in [1.54, 1.807) is 0 Å². The molecule has 0 atom stereocenters. The van der Waals surface area contributed by atoms with Crippen molar-refractivity contribution < 1.29 is 5.11 Å². The van der Waals surface area contributed by atoms with Crippen molar-refractivity contribution in [3.8, 4) is 0 Å². The fourth-order valence-electron chi connectivity index (χ4n) is 2.95. The van der Waals surface area contributed by atoms with Crippen molar-refractivity contribution >= 4 is 0 Å². The van der Waals surface area contributed by atoms with Gasteiger partial charge in [0, 0.05) is 0 Å². The van der Waals surface area contributed by atoms with E-state index in [2.05, 4.69) is 12.1 Å². The maximum atomic E-state index is 9.03. The number of hydrogen-bond acceptors (Lipinski definition) is 2. The predicted molar refractivity (Wildman–Crippen MR) is 70.6 cm³/mol. The van der Waals surface area contributed by atoms with Crippen LogP contribution in [0.1, 0.15) is 43.2 Å². The van der Waals surface area contributed by atoms with Crippen LogP contribution in [0.25, 0.3) is 0 Å². The van der Waals surface area contributed by atoms with Crippen molar-refractivity contribution in [1.82, 2.24) is 0 Å². The molecule has 1 saturated carbocycles. The van der Waals surface area contributed by atoms with Gasteiger partial charge in [-0.15, -0.1) is 0 Å². The van der Waals surface area contributed by atoms with E-state index in [1.807, 2.05) is 12.1 Å².